The predicted molar refractivity (Wildman–Crippen MR) is 197 cm³/mol. The van der Waals surface area contributed by atoms with Gasteiger partial charge in [-0.1, -0.05) is 89.4 Å². The molecule has 2 amide bonds. The van der Waals surface area contributed by atoms with Crippen LogP contribution in [0.25, 0.3) is 0 Å². The number of nitro benzene ring substituents is 1. The van der Waals surface area contributed by atoms with Crippen LogP contribution in [0.5, 0.6) is 5.75 Å². The standard InChI is InChI=1S/C36H38BrClN4O7S/c1-4-5-18-39-36(44)33(20-26-10-7-6-8-11-26)40(23-27-12-9-13-28(37)19-27)35(43)24-41(32-21-29(38)15-17-34(32)49-3)50(47,48)30-16-14-25(2)31(22-30)42(45)46/h6-17,19,21-22,33H,4-5,18,20,23-24H2,1-3H3,(H,39,44)/t33-/m0/s1. The maximum absolute atomic E-state index is 14.7. The number of nitrogens with one attached hydrogen (secondary N) is 1. The monoisotopic (exact) mass is 784 g/mol. The van der Waals surface area contributed by atoms with Gasteiger partial charge in [0, 0.05) is 40.6 Å². The molecule has 0 aliphatic rings. The average Bonchev–Trinajstić information content (AvgIpc) is 3.09. The van der Waals surface area contributed by atoms with E-state index in [0.717, 1.165) is 33.2 Å². The maximum Gasteiger partial charge on any atom is 0.273 e. The number of aryl methyl sites for hydroxylation is 1. The number of halogens is 2. The molecule has 1 N–H and O–H groups in total. The largest absolute Gasteiger partial charge is 0.495 e. The first-order valence-electron chi connectivity index (χ1n) is 15.8. The van der Waals surface area contributed by atoms with E-state index in [1.165, 1.54) is 49.3 Å². The number of nitro groups is 1. The Labute approximate surface area is 305 Å². The summed E-state index contributed by atoms with van der Waals surface area (Å²) in [6.07, 6.45) is 1.72. The number of benzene rings is 4. The molecule has 0 aliphatic carbocycles. The molecule has 0 saturated heterocycles. The van der Waals surface area contributed by atoms with Crippen molar-refractivity contribution >= 4 is 60.7 Å². The van der Waals surface area contributed by atoms with Gasteiger partial charge in [-0.2, -0.15) is 0 Å². The number of methoxy groups -OCH3 is 1. The molecule has 14 heteroatoms. The fourth-order valence-corrected chi connectivity index (χ4v) is 7.39. The number of carbonyl (C=O) groups excluding carboxylic acids is 2. The highest BCUT2D eigenvalue weighted by molar-refractivity contribution is 9.10. The van der Waals surface area contributed by atoms with Crippen molar-refractivity contribution in [3.63, 3.8) is 0 Å². The van der Waals surface area contributed by atoms with Crippen LogP contribution >= 0.6 is 27.5 Å². The third kappa shape index (κ3) is 9.61. The van der Waals surface area contributed by atoms with E-state index in [0.29, 0.717) is 12.1 Å². The third-order valence-corrected chi connectivity index (χ3v) is 10.5. The predicted octanol–water partition coefficient (Wildman–Crippen LogP) is 7.08. The van der Waals surface area contributed by atoms with Crippen molar-refractivity contribution < 1.29 is 27.7 Å². The molecule has 264 valence electrons. The fraction of sp³-hybridized carbons (Fsp3) is 0.278. The summed E-state index contributed by atoms with van der Waals surface area (Å²) in [5.74, 6) is -1.01. The van der Waals surface area contributed by atoms with Crippen molar-refractivity contribution in [1.29, 1.82) is 0 Å². The molecule has 4 rings (SSSR count). The van der Waals surface area contributed by atoms with Gasteiger partial charge in [0.2, 0.25) is 11.8 Å². The van der Waals surface area contributed by atoms with Crippen molar-refractivity contribution in [3.05, 3.63) is 127 Å². The zero-order chi connectivity index (χ0) is 36.4. The number of hydrogen-bond acceptors (Lipinski definition) is 7. The Balaban J connectivity index is 1.88. The summed E-state index contributed by atoms with van der Waals surface area (Å²) in [5.41, 5.74) is 1.28. The Morgan fingerprint density at radius 2 is 1.72 bits per heavy atom. The molecule has 0 radical (unpaired) electrons. The van der Waals surface area contributed by atoms with E-state index < -0.39 is 49.9 Å². The number of sulfonamides is 1. The summed E-state index contributed by atoms with van der Waals surface area (Å²) >= 11 is 9.82. The second-order valence-electron chi connectivity index (χ2n) is 11.5. The minimum Gasteiger partial charge on any atom is -0.495 e. The molecular weight excluding hydrogens is 748 g/mol. The first kappa shape index (κ1) is 38.3. The topological polar surface area (TPSA) is 139 Å². The lowest BCUT2D eigenvalue weighted by Gasteiger charge is -2.34. The summed E-state index contributed by atoms with van der Waals surface area (Å²) in [4.78, 5) is 40.7. The highest BCUT2D eigenvalue weighted by Crippen LogP contribution is 2.36. The molecule has 4 aromatic rings. The van der Waals surface area contributed by atoms with E-state index in [1.54, 1.807) is 12.1 Å². The lowest BCUT2D eigenvalue weighted by atomic mass is 10.0. The van der Waals surface area contributed by atoms with Crippen LogP contribution in [0.4, 0.5) is 11.4 Å². The summed E-state index contributed by atoms with van der Waals surface area (Å²) < 4.78 is 36.0. The Hall–Kier alpha value is -4.46. The van der Waals surface area contributed by atoms with Crippen molar-refractivity contribution in [3.8, 4) is 5.75 Å². The van der Waals surface area contributed by atoms with Crippen LogP contribution in [-0.4, -0.2) is 56.3 Å². The van der Waals surface area contributed by atoms with Gasteiger partial charge in [-0.3, -0.25) is 24.0 Å². The number of unbranched alkanes of at least 4 members (excludes halogenated alkanes) is 1. The Morgan fingerprint density at radius 1 is 1.00 bits per heavy atom. The number of amides is 2. The summed E-state index contributed by atoms with van der Waals surface area (Å²) in [5, 5.41) is 14.9. The van der Waals surface area contributed by atoms with Crippen LogP contribution in [0.15, 0.2) is 100 Å². The van der Waals surface area contributed by atoms with E-state index in [4.69, 9.17) is 16.3 Å². The lowest BCUT2D eigenvalue weighted by molar-refractivity contribution is -0.385. The second-order valence-corrected chi connectivity index (χ2v) is 14.7. The zero-order valence-corrected chi connectivity index (χ0v) is 31.0. The quantitative estimate of drug-likeness (QED) is 0.0728. The Morgan fingerprint density at radius 3 is 2.38 bits per heavy atom. The van der Waals surface area contributed by atoms with Crippen molar-refractivity contribution in [1.82, 2.24) is 10.2 Å². The van der Waals surface area contributed by atoms with Gasteiger partial charge in [-0.25, -0.2) is 8.42 Å². The van der Waals surface area contributed by atoms with Gasteiger partial charge in [0.25, 0.3) is 15.7 Å². The van der Waals surface area contributed by atoms with Crippen LogP contribution in [-0.2, 0) is 32.6 Å². The summed E-state index contributed by atoms with van der Waals surface area (Å²) in [6.45, 7) is 3.06. The molecule has 4 aromatic carbocycles. The van der Waals surface area contributed by atoms with Gasteiger partial charge in [0.1, 0.15) is 18.3 Å². The first-order chi connectivity index (χ1) is 23.8. The smallest absolute Gasteiger partial charge is 0.273 e. The minimum atomic E-state index is -4.67. The van der Waals surface area contributed by atoms with Gasteiger partial charge >= 0.3 is 0 Å². The van der Waals surface area contributed by atoms with Crippen molar-refractivity contribution in [2.45, 2.75) is 50.6 Å². The summed E-state index contributed by atoms with van der Waals surface area (Å²) in [7, 11) is -3.33. The number of anilines is 1. The molecule has 0 bridgehead atoms. The van der Waals surface area contributed by atoms with Crippen molar-refractivity contribution in [2.75, 3.05) is 24.5 Å². The molecule has 50 heavy (non-hydrogen) atoms. The van der Waals surface area contributed by atoms with Gasteiger partial charge in [0.05, 0.1) is 22.6 Å². The average molecular weight is 786 g/mol. The number of ether oxygens (including phenoxy) is 1. The molecule has 0 heterocycles. The number of carbonyl (C=O) groups is 2. The molecule has 0 fully saturated rings. The van der Waals surface area contributed by atoms with E-state index in [2.05, 4.69) is 21.2 Å². The second kappa shape index (κ2) is 17.5. The Bertz CT molecular complexity index is 1950. The molecule has 0 spiro atoms. The summed E-state index contributed by atoms with van der Waals surface area (Å²) in [6, 6.07) is 23.3. The first-order valence-corrected chi connectivity index (χ1v) is 18.4. The van der Waals surface area contributed by atoms with Crippen LogP contribution in [0.3, 0.4) is 0 Å². The minimum absolute atomic E-state index is 0.0342. The fourth-order valence-electron chi connectivity index (χ4n) is 5.34. The van der Waals surface area contributed by atoms with Crippen LogP contribution in [0.1, 0.15) is 36.5 Å². The Kier molecular flexibility index (Phi) is 13.4. The molecule has 0 aromatic heterocycles. The van der Waals surface area contributed by atoms with Crippen LogP contribution in [0, 0.1) is 17.0 Å². The normalized spacial score (nSPS) is 11.8. The van der Waals surface area contributed by atoms with Crippen LogP contribution < -0.4 is 14.4 Å². The van der Waals surface area contributed by atoms with E-state index >= 15 is 0 Å². The third-order valence-electron chi connectivity index (χ3n) is 8.00. The van der Waals surface area contributed by atoms with Gasteiger partial charge in [-0.15, -0.1) is 0 Å². The maximum atomic E-state index is 14.7. The number of rotatable bonds is 16. The lowest BCUT2D eigenvalue weighted by Crippen LogP contribution is -2.53. The van der Waals surface area contributed by atoms with Crippen molar-refractivity contribution in [2.24, 2.45) is 0 Å². The zero-order valence-electron chi connectivity index (χ0n) is 27.8. The molecule has 1 atom stereocenters. The van der Waals surface area contributed by atoms with Crippen LogP contribution in [0.2, 0.25) is 5.02 Å². The van der Waals surface area contributed by atoms with Gasteiger partial charge < -0.3 is 15.0 Å². The van der Waals surface area contributed by atoms with Gasteiger partial charge in [-0.05, 0) is 60.9 Å². The molecule has 0 unspecified atom stereocenters. The van der Waals surface area contributed by atoms with E-state index in [9.17, 15) is 28.1 Å². The molecule has 0 saturated carbocycles. The SMILES string of the molecule is CCCCNC(=O)[C@H](Cc1ccccc1)N(Cc1cccc(Br)c1)C(=O)CN(c1cc(Cl)ccc1OC)S(=O)(=O)c1ccc(C)c([N+](=O)[O-])c1. The van der Waals surface area contributed by atoms with Gasteiger partial charge in [0.15, 0.2) is 0 Å². The highest BCUT2D eigenvalue weighted by atomic mass is 79.9. The highest BCUT2D eigenvalue weighted by Gasteiger charge is 2.36. The van der Waals surface area contributed by atoms with E-state index in [1.807, 2.05) is 49.4 Å². The van der Waals surface area contributed by atoms with E-state index in [-0.39, 0.29) is 35.0 Å². The molecule has 11 nitrogen and oxygen atoms in total. The number of hydrogen-bond donors (Lipinski definition) is 1. The molecular formula is C36H38BrClN4O7S. The number of nitrogens with zero attached hydrogens (tertiary/aromatic N) is 3. The molecule has 0 aliphatic heterocycles.